The Hall–Kier alpha value is -0.150. The number of nitrogens with zero attached hydrogens (tertiary/aromatic N) is 2. The van der Waals surface area contributed by atoms with Gasteiger partial charge in [-0.25, -0.2) is 0 Å². The van der Waals surface area contributed by atoms with Crippen LogP contribution in [-0.4, -0.2) is 15.0 Å². The highest BCUT2D eigenvalue weighted by Crippen LogP contribution is 2.35. The first-order chi connectivity index (χ1) is 8.08. The molecule has 2 rings (SSSR count). The topological polar surface area (TPSA) is 17.8 Å². The molecule has 1 saturated carbocycles. The third-order valence-corrected chi connectivity index (χ3v) is 5.45. The summed E-state index contributed by atoms with van der Waals surface area (Å²) in [5.41, 5.74) is 2.30. The van der Waals surface area contributed by atoms with Gasteiger partial charge < -0.3 is 0 Å². The summed E-state index contributed by atoms with van der Waals surface area (Å²) in [6, 6.07) is 0. The maximum absolute atomic E-state index is 6.25. The normalized spacial score (nSPS) is 25.2. The molecule has 0 aliphatic heterocycles. The van der Waals surface area contributed by atoms with Crippen LogP contribution in [0.3, 0.4) is 0 Å². The van der Waals surface area contributed by atoms with Gasteiger partial charge in [-0.3, -0.25) is 4.68 Å². The van der Waals surface area contributed by atoms with Gasteiger partial charge in [0, 0.05) is 23.6 Å². The zero-order valence-corrected chi connectivity index (χ0v) is 12.4. The van der Waals surface area contributed by atoms with Crippen LogP contribution in [0.15, 0.2) is 0 Å². The zero-order chi connectivity index (χ0) is 12.4. The Bertz CT molecular complexity index is 389. The van der Waals surface area contributed by atoms with Gasteiger partial charge in [0.2, 0.25) is 0 Å². The average Bonchev–Trinajstić information content (AvgIpc) is 2.51. The summed E-state index contributed by atoms with van der Waals surface area (Å²) in [6.45, 7) is 4.42. The molecule has 0 N–H and O–H groups in total. The molecule has 0 saturated heterocycles. The van der Waals surface area contributed by atoms with Crippen LogP contribution < -0.4 is 0 Å². The summed E-state index contributed by atoms with van der Waals surface area (Å²) in [5, 5.41) is 5.98. The lowest BCUT2D eigenvalue weighted by Gasteiger charge is -2.26. The first kappa shape index (κ1) is 13.3. The first-order valence-corrected chi connectivity index (χ1v) is 7.80. The quantitative estimate of drug-likeness (QED) is 0.821. The predicted molar refractivity (Wildman–Crippen MR) is 75.7 cm³/mol. The summed E-state index contributed by atoms with van der Waals surface area (Å²) in [4.78, 5) is 0. The largest absolute Gasteiger partial charge is 0.257 e. The highest BCUT2D eigenvalue weighted by molar-refractivity contribution is 7.99. The molecule has 1 fully saturated rings. The predicted octanol–water partition coefficient (Wildman–Crippen LogP) is 4.19. The Balaban J connectivity index is 1.93. The van der Waals surface area contributed by atoms with E-state index in [2.05, 4.69) is 23.8 Å². The molecular weight excluding hydrogens is 252 g/mol. The van der Waals surface area contributed by atoms with E-state index in [0.29, 0.717) is 0 Å². The van der Waals surface area contributed by atoms with Crippen LogP contribution in [0.25, 0.3) is 0 Å². The lowest BCUT2D eigenvalue weighted by atomic mass is 9.91. The highest BCUT2D eigenvalue weighted by atomic mass is 35.5. The van der Waals surface area contributed by atoms with Crippen LogP contribution in [0.4, 0.5) is 0 Å². The molecule has 1 aliphatic carbocycles. The van der Waals surface area contributed by atoms with Crippen LogP contribution in [0.5, 0.6) is 0 Å². The molecule has 2 unspecified atom stereocenters. The van der Waals surface area contributed by atoms with Gasteiger partial charge in [0.25, 0.3) is 0 Å². The molecule has 96 valence electrons. The van der Waals surface area contributed by atoms with Crippen molar-refractivity contribution in [3.8, 4) is 0 Å². The average molecular weight is 273 g/mol. The van der Waals surface area contributed by atoms with E-state index in [1.165, 1.54) is 31.2 Å². The molecule has 4 heteroatoms. The third kappa shape index (κ3) is 3.19. The van der Waals surface area contributed by atoms with Crippen molar-refractivity contribution in [2.24, 2.45) is 13.0 Å². The van der Waals surface area contributed by atoms with Crippen molar-refractivity contribution in [2.75, 3.05) is 0 Å². The molecule has 0 bridgehead atoms. The molecule has 1 aliphatic rings. The molecule has 1 aromatic rings. The molecule has 0 radical (unpaired) electrons. The van der Waals surface area contributed by atoms with Gasteiger partial charge in [-0.15, -0.1) is 0 Å². The molecule has 17 heavy (non-hydrogen) atoms. The van der Waals surface area contributed by atoms with Crippen molar-refractivity contribution < 1.29 is 0 Å². The molecule has 1 heterocycles. The minimum absolute atomic E-state index is 0.804. The number of rotatable bonds is 3. The van der Waals surface area contributed by atoms with Crippen LogP contribution in [0.2, 0.25) is 5.15 Å². The van der Waals surface area contributed by atoms with Crippen molar-refractivity contribution in [1.82, 2.24) is 9.78 Å². The van der Waals surface area contributed by atoms with Crippen LogP contribution in [0.1, 0.15) is 43.9 Å². The Kier molecular flexibility index (Phi) is 4.42. The summed E-state index contributed by atoms with van der Waals surface area (Å²) < 4.78 is 1.77. The van der Waals surface area contributed by atoms with Crippen molar-refractivity contribution in [3.63, 3.8) is 0 Å². The molecule has 0 spiro atoms. The molecule has 2 nitrogen and oxygen atoms in total. The van der Waals surface area contributed by atoms with Gasteiger partial charge in [0.15, 0.2) is 0 Å². The lowest BCUT2D eigenvalue weighted by Crippen LogP contribution is -2.15. The van der Waals surface area contributed by atoms with E-state index >= 15 is 0 Å². The second kappa shape index (κ2) is 5.66. The van der Waals surface area contributed by atoms with E-state index in [0.717, 1.165) is 27.8 Å². The highest BCUT2D eigenvalue weighted by Gasteiger charge is 2.20. The Morgan fingerprint density at radius 2 is 2.24 bits per heavy atom. The Morgan fingerprint density at radius 1 is 1.47 bits per heavy atom. The van der Waals surface area contributed by atoms with Crippen LogP contribution >= 0.6 is 23.4 Å². The van der Waals surface area contributed by atoms with E-state index < -0.39 is 0 Å². The standard InChI is InChI=1S/C13H21ClN2S/c1-9-5-4-6-11(7-9)17-8-12-10(2)15-16(3)13(12)14/h9,11H,4-8H2,1-3H3. The fraction of sp³-hybridized carbons (Fsp3) is 0.769. The molecule has 2 atom stereocenters. The maximum atomic E-state index is 6.25. The van der Waals surface area contributed by atoms with Crippen LogP contribution in [-0.2, 0) is 12.8 Å². The first-order valence-electron chi connectivity index (χ1n) is 6.37. The number of aryl methyl sites for hydroxylation is 2. The lowest BCUT2D eigenvalue weighted by molar-refractivity contribution is 0.394. The third-order valence-electron chi connectivity index (χ3n) is 3.62. The van der Waals surface area contributed by atoms with E-state index in [1.54, 1.807) is 4.68 Å². The molecule has 0 amide bonds. The molecular formula is C13H21ClN2S. The Morgan fingerprint density at radius 3 is 2.82 bits per heavy atom. The van der Waals surface area contributed by atoms with Gasteiger partial charge in [-0.2, -0.15) is 16.9 Å². The van der Waals surface area contributed by atoms with Gasteiger partial charge in [0.05, 0.1) is 5.69 Å². The summed E-state index contributed by atoms with van der Waals surface area (Å²) >= 11 is 8.31. The number of halogens is 1. The van der Waals surface area contributed by atoms with Crippen molar-refractivity contribution in [1.29, 1.82) is 0 Å². The number of thioether (sulfide) groups is 1. The molecule has 1 aromatic heterocycles. The summed E-state index contributed by atoms with van der Waals surface area (Å²) in [5.74, 6) is 1.90. The number of hydrogen-bond donors (Lipinski definition) is 0. The monoisotopic (exact) mass is 272 g/mol. The number of hydrogen-bond acceptors (Lipinski definition) is 2. The van der Waals surface area contributed by atoms with Crippen molar-refractivity contribution in [2.45, 2.75) is 50.5 Å². The van der Waals surface area contributed by atoms with Crippen LogP contribution in [0, 0.1) is 12.8 Å². The minimum Gasteiger partial charge on any atom is -0.257 e. The minimum atomic E-state index is 0.804. The van der Waals surface area contributed by atoms with Gasteiger partial charge in [-0.1, -0.05) is 31.4 Å². The second-order valence-corrected chi connectivity index (χ2v) is 6.83. The SMILES string of the molecule is Cc1nn(C)c(Cl)c1CSC1CCCC(C)C1. The van der Waals surface area contributed by atoms with Gasteiger partial charge in [-0.05, 0) is 25.7 Å². The van der Waals surface area contributed by atoms with Gasteiger partial charge in [0.1, 0.15) is 5.15 Å². The fourth-order valence-electron chi connectivity index (χ4n) is 2.57. The van der Waals surface area contributed by atoms with Crippen molar-refractivity contribution in [3.05, 3.63) is 16.4 Å². The summed E-state index contributed by atoms with van der Waals surface area (Å²) in [6.07, 6.45) is 5.52. The van der Waals surface area contributed by atoms with E-state index in [9.17, 15) is 0 Å². The number of aromatic nitrogens is 2. The fourth-order valence-corrected chi connectivity index (χ4v) is 4.44. The van der Waals surface area contributed by atoms with Crippen molar-refractivity contribution >= 4 is 23.4 Å². The second-order valence-electron chi connectivity index (χ2n) is 5.18. The zero-order valence-electron chi connectivity index (χ0n) is 10.9. The molecule has 0 aromatic carbocycles. The van der Waals surface area contributed by atoms with Gasteiger partial charge >= 0.3 is 0 Å². The Labute approximate surface area is 113 Å². The van der Waals surface area contributed by atoms with E-state index in [1.807, 2.05) is 14.0 Å². The summed E-state index contributed by atoms with van der Waals surface area (Å²) in [7, 11) is 1.91. The maximum Gasteiger partial charge on any atom is 0.131 e. The van der Waals surface area contributed by atoms with E-state index in [-0.39, 0.29) is 0 Å². The van der Waals surface area contributed by atoms with E-state index in [4.69, 9.17) is 11.6 Å². The smallest absolute Gasteiger partial charge is 0.131 e.